The van der Waals surface area contributed by atoms with E-state index >= 15 is 0 Å². The van der Waals surface area contributed by atoms with Gasteiger partial charge in [0.05, 0.1) is 22.5 Å². The van der Waals surface area contributed by atoms with E-state index in [0.717, 1.165) is 31.6 Å². The monoisotopic (exact) mass is 396 g/mol. The Hall–Kier alpha value is -1.03. The molecule has 0 N–H and O–H groups in total. The highest BCUT2D eigenvalue weighted by molar-refractivity contribution is 6.42. The lowest BCUT2D eigenvalue weighted by molar-refractivity contribution is 0.0410. The summed E-state index contributed by atoms with van der Waals surface area (Å²) in [6, 6.07) is 5.78. The summed E-state index contributed by atoms with van der Waals surface area (Å²) < 4.78 is 8.28. The quantitative estimate of drug-likeness (QED) is 0.337. The van der Waals surface area contributed by atoms with Crippen molar-refractivity contribution in [3.05, 3.63) is 52.5 Å². The van der Waals surface area contributed by atoms with Gasteiger partial charge in [-0.3, -0.25) is 0 Å². The molecule has 3 nitrogen and oxygen atoms in total. The molecule has 1 aromatic carbocycles. The number of benzene rings is 1. The summed E-state index contributed by atoms with van der Waals surface area (Å²) in [5.74, 6) is 0. The first-order valence-electron chi connectivity index (χ1n) is 9.73. The summed E-state index contributed by atoms with van der Waals surface area (Å²) in [5.41, 5.74) is 1.09. The maximum absolute atomic E-state index is 6.21. The first-order valence-corrected chi connectivity index (χ1v) is 10.5. The standard InChI is InChI=1S/C21H30Cl2N2O/c1-2-3-4-5-6-7-8-15-26-21(11-13-25-14-12-24-17-25)18-9-10-19(22)20(23)16-18/h9-10,12,14,16-17,21H,2-8,11,13,15H2,1H3. The van der Waals surface area contributed by atoms with Gasteiger partial charge in [0.25, 0.3) is 0 Å². The van der Waals surface area contributed by atoms with E-state index in [1.165, 1.54) is 38.5 Å². The Morgan fingerprint density at radius 3 is 2.50 bits per heavy atom. The third kappa shape index (κ3) is 7.69. The Morgan fingerprint density at radius 1 is 1.04 bits per heavy atom. The van der Waals surface area contributed by atoms with Crippen molar-refractivity contribution in [2.45, 2.75) is 70.9 Å². The average Bonchev–Trinajstić information content (AvgIpc) is 3.16. The summed E-state index contributed by atoms with van der Waals surface area (Å²) in [6.07, 6.45) is 15.5. The predicted octanol–water partition coefficient (Wildman–Crippen LogP) is 7.09. The summed E-state index contributed by atoms with van der Waals surface area (Å²) in [5, 5.41) is 1.16. The second-order valence-corrected chi connectivity index (χ2v) is 7.56. The molecular weight excluding hydrogens is 367 g/mol. The van der Waals surface area contributed by atoms with Crippen molar-refractivity contribution in [3.63, 3.8) is 0 Å². The number of aryl methyl sites for hydroxylation is 1. The third-order valence-corrected chi connectivity index (χ3v) is 5.33. The summed E-state index contributed by atoms with van der Waals surface area (Å²) in [6.45, 7) is 3.89. The van der Waals surface area contributed by atoms with E-state index in [4.69, 9.17) is 27.9 Å². The molecule has 0 spiro atoms. The zero-order valence-corrected chi connectivity index (χ0v) is 17.2. The molecule has 0 aliphatic heterocycles. The molecule has 0 saturated heterocycles. The van der Waals surface area contributed by atoms with Crippen LogP contribution in [-0.2, 0) is 11.3 Å². The molecule has 1 atom stereocenters. The number of hydrogen-bond acceptors (Lipinski definition) is 2. The fraction of sp³-hybridized carbons (Fsp3) is 0.571. The van der Waals surface area contributed by atoms with Gasteiger partial charge in [0.15, 0.2) is 0 Å². The first-order chi connectivity index (χ1) is 12.7. The lowest BCUT2D eigenvalue weighted by atomic mass is 10.1. The normalized spacial score (nSPS) is 12.4. The molecule has 2 aromatic rings. The minimum atomic E-state index is 0.0206. The van der Waals surface area contributed by atoms with Crippen LogP contribution in [0.3, 0.4) is 0 Å². The number of imidazole rings is 1. The van der Waals surface area contributed by atoms with Crippen LogP contribution in [0.4, 0.5) is 0 Å². The van der Waals surface area contributed by atoms with Crippen LogP contribution in [0.15, 0.2) is 36.9 Å². The highest BCUT2D eigenvalue weighted by atomic mass is 35.5. The van der Waals surface area contributed by atoms with E-state index in [1.54, 1.807) is 6.20 Å². The molecule has 0 aliphatic rings. The van der Waals surface area contributed by atoms with Gasteiger partial charge >= 0.3 is 0 Å². The average molecular weight is 397 g/mol. The van der Waals surface area contributed by atoms with Gasteiger partial charge in [0.1, 0.15) is 0 Å². The van der Waals surface area contributed by atoms with E-state index in [0.29, 0.717) is 10.0 Å². The van der Waals surface area contributed by atoms with Crippen LogP contribution in [0.5, 0.6) is 0 Å². The number of hydrogen-bond donors (Lipinski definition) is 0. The molecule has 0 aliphatic carbocycles. The molecule has 26 heavy (non-hydrogen) atoms. The lowest BCUT2D eigenvalue weighted by Gasteiger charge is -2.19. The lowest BCUT2D eigenvalue weighted by Crippen LogP contribution is -2.09. The van der Waals surface area contributed by atoms with Crippen LogP contribution in [0.25, 0.3) is 0 Å². The molecule has 0 radical (unpaired) electrons. The first kappa shape index (κ1) is 21.3. The van der Waals surface area contributed by atoms with E-state index in [9.17, 15) is 0 Å². The van der Waals surface area contributed by atoms with Gasteiger partial charge in [-0.2, -0.15) is 0 Å². The number of halogens is 2. The molecule has 1 unspecified atom stereocenters. The van der Waals surface area contributed by atoms with E-state index < -0.39 is 0 Å². The zero-order valence-electron chi connectivity index (χ0n) is 15.7. The van der Waals surface area contributed by atoms with Gasteiger partial charge in [-0.15, -0.1) is 0 Å². The third-order valence-electron chi connectivity index (χ3n) is 4.59. The number of ether oxygens (including phenoxy) is 1. The maximum atomic E-state index is 6.21. The topological polar surface area (TPSA) is 27.1 Å². The summed E-state index contributed by atoms with van der Waals surface area (Å²) in [7, 11) is 0. The second-order valence-electron chi connectivity index (χ2n) is 6.74. The number of aromatic nitrogens is 2. The Morgan fingerprint density at radius 2 is 1.81 bits per heavy atom. The van der Waals surface area contributed by atoms with Crippen molar-refractivity contribution in [2.75, 3.05) is 6.61 Å². The van der Waals surface area contributed by atoms with E-state index in [2.05, 4.69) is 16.5 Å². The van der Waals surface area contributed by atoms with Crippen LogP contribution in [-0.4, -0.2) is 16.2 Å². The molecular formula is C21H30Cl2N2O. The molecule has 0 bridgehead atoms. The van der Waals surface area contributed by atoms with Crippen LogP contribution >= 0.6 is 23.2 Å². The van der Waals surface area contributed by atoms with E-state index in [-0.39, 0.29) is 6.10 Å². The number of rotatable bonds is 13. The van der Waals surface area contributed by atoms with Crippen molar-refractivity contribution < 1.29 is 4.74 Å². The molecule has 144 valence electrons. The molecule has 0 fully saturated rings. The maximum Gasteiger partial charge on any atom is 0.0945 e. The Balaban J connectivity index is 1.81. The molecule has 2 rings (SSSR count). The van der Waals surface area contributed by atoms with Gasteiger partial charge in [0.2, 0.25) is 0 Å². The van der Waals surface area contributed by atoms with Crippen molar-refractivity contribution in [1.29, 1.82) is 0 Å². The Bertz CT molecular complexity index is 616. The van der Waals surface area contributed by atoms with Crippen molar-refractivity contribution >= 4 is 23.2 Å². The van der Waals surface area contributed by atoms with Crippen molar-refractivity contribution in [2.24, 2.45) is 0 Å². The summed E-state index contributed by atoms with van der Waals surface area (Å²) >= 11 is 12.3. The van der Waals surface area contributed by atoms with Gasteiger partial charge < -0.3 is 9.30 Å². The molecule has 5 heteroatoms. The Labute approximate surface area is 167 Å². The smallest absolute Gasteiger partial charge is 0.0945 e. The van der Waals surface area contributed by atoms with Gasteiger partial charge in [-0.25, -0.2) is 4.98 Å². The minimum Gasteiger partial charge on any atom is -0.373 e. The van der Waals surface area contributed by atoms with Gasteiger partial charge in [0, 0.05) is 25.5 Å². The van der Waals surface area contributed by atoms with E-state index in [1.807, 2.05) is 30.7 Å². The molecule has 0 saturated carbocycles. The highest BCUT2D eigenvalue weighted by Gasteiger charge is 2.14. The number of nitrogens with zero attached hydrogens (tertiary/aromatic N) is 2. The Kier molecular flexibility index (Phi) is 10.1. The minimum absolute atomic E-state index is 0.0206. The summed E-state index contributed by atoms with van der Waals surface area (Å²) in [4.78, 5) is 4.10. The van der Waals surface area contributed by atoms with Crippen molar-refractivity contribution in [1.82, 2.24) is 9.55 Å². The predicted molar refractivity (Wildman–Crippen MR) is 110 cm³/mol. The number of unbranched alkanes of at least 4 members (excludes halogenated alkanes) is 6. The fourth-order valence-electron chi connectivity index (χ4n) is 3.03. The zero-order chi connectivity index (χ0) is 18.6. The second kappa shape index (κ2) is 12.4. The largest absolute Gasteiger partial charge is 0.373 e. The van der Waals surface area contributed by atoms with Crippen LogP contribution in [0.1, 0.15) is 70.0 Å². The highest BCUT2D eigenvalue weighted by Crippen LogP contribution is 2.29. The van der Waals surface area contributed by atoms with Gasteiger partial charge in [-0.1, -0.05) is 74.7 Å². The van der Waals surface area contributed by atoms with Crippen molar-refractivity contribution in [3.8, 4) is 0 Å². The molecule has 0 amide bonds. The molecule has 1 heterocycles. The van der Waals surface area contributed by atoms with Crippen LogP contribution in [0.2, 0.25) is 10.0 Å². The van der Waals surface area contributed by atoms with Crippen LogP contribution in [0, 0.1) is 0 Å². The SMILES string of the molecule is CCCCCCCCCOC(CCn1ccnc1)c1ccc(Cl)c(Cl)c1. The molecule has 1 aromatic heterocycles. The van der Waals surface area contributed by atoms with Gasteiger partial charge in [-0.05, 0) is 30.5 Å². The van der Waals surface area contributed by atoms with Crippen LogP contribution < -0.4 is 0 Å². The fourth-order valence-corrected chi connectivity index (χ4v) is 3.34.